The second kappa shape index (κ2) is 3.54. The fourth-order valence-electron chi connectivity index (χ4n) is 1.79. The Bertz CT molecular complexity index is 383. The van der Waals surface area contributed by atoms with Crippen LogP contribution in [0.5, 0.6) is 0 Å². The Morgan fingerprint density at radius 1 is 1.47 bits per heavy atom. The van der Waals surface area contributed by atoms with Gasteiger partial charge in [-0.2, -0.15) is 0 Å². The van der Waals surface area contributed by atoms with Crippen molar-refractivity contribution >= 4 is 5.97 Å². The molecule has 1 fully saturated rings. The average Bonchev–Trinajstić information content (AvgIpc) is 2.58. The molecule has 1 aromatic carbocycles. The van der Waals surface area contributed by atoms with Crippen molar-refractivity contribution in [2.24, 2.45) is 5.41 Å². The van der Waals surface area contributed by atoms with Crippen LogP contribution in [0.3, 0.4) is 0 Å². The molecule has 15 heavy (non-hydrogen) atoms. The van der Waals surface area contributed by atoms with E-state index < -0.39 is 5.41 Å². The molecule has 1 aliphatic heterocycles. The topological polar surface area (TPSA) is 26.3 Å². The second-order valence-corrected chi connectivity index (χ2v) is 4.13. The van der Waals surface area contributed by atoms with E-state index in [9.17, 15) is 4.79 Å². The van der Waals surface area contributed by atoms with Crippen LogP contribution in [0.15, 0.2) is 43.0 Å². The smallest absolute Gasteiger partial charge is 0.316 e. The van der Waals surface area contributed by atoms with Crippen LogP contribution in [0.4, 0.5) is 0 Å². The van der Waals surface area contributed by atoms with E-state index >= 15 is 0 Å². The highest BCUT2D eigenvalue weighted by Gasteiger charge is 2.43. The maximum atomic E-state index is 11.6. The van der Waals surface area contributed by atoms with Gasteiger partial charge in [0.2, 0.25) is 0 Å². The monoisotopic (exact) mass is 202 g/mol. The molecule has 0 saturated carbocycles. The number of hydrogen-bond acceptors (Lipinski definition) is 2. The predicted molar refractivity (Wildman–Crippen MR) is 58.2 cm³/mol. The lowest BCUT2D eigenvalue weighted by atomic mass is 9.86. The third kappa shape index (κ3) is 1.67. The molecule has 0 N–H and O–H groups in total. The Kier molecular flexibility index (Phi) is 2.35. The van der Waals surface area contributed by atoms with Gasteiger partial charge in [0.05, 0.1) is 5.41 Å². The molecule has 2 atom stereocenters. The first-order chi connectivity index (χ1) is 7.15. The highest BCUT2D eigenvalue weighted by atomic mass is 16.6. The molecule has 2 nitrogen and oxygen atoms in total. The molecule has 1 saturated heterocycles. The zero-order valence-electron chi connectivity index (χ0n) is 8.77. The number of carbonyl (C=O) groups is 1. The van der Waals surface area contributed by atoms with Crippen LogP contribution < -0.4 is 0 Å². The summed E-state index contributed by atoms with van der Waals surface area (Å²) in [7, 11) is 0. The first kappa shape index (κ1) is 9.97. The number of hydrogen-bond donors (Lipinski definition) is 0. The van der Waals surface area contributed by atoms with Gasteiger partial charge < -0.3 is 4.74 Å². The summed E-state index contributed by atoms with van der Waals surface area (Å²) >= 11 is 0. The van der Waals surface area contributed by atoms with E-state index in [1.165, 1.54) is 0 Å². The van der Waals surface area contributed by atoms with Gasteiger partial charge in [0.25, 0.3) is 0 Å². The largest absolute Gasteiger partial charge is 0.457 e. The van der Waals surface area contributed by atoms with Crippen molar-refractivity contribution in [2.75, 3.05) is 0 Å². The number of benzene rings is 1. The summed E-state index contributed by atoms with van der Waals surface area (Å²) < 4.78 is 5.34. The van der Waals surface area contributed by atoms with Gasteiger partial charge in [-0.05, 0) is 12.5 Å². The van der Waals surface area contributed by atoms with Gasteiger partial charge in [0.1, 0.15) is 6.10 Å². The van der Waals surface area contributed by atoms with Gasteiger partial charge in [-0.25, -0.2) is 0 Å². The summed E-state index contributed by atoms with van der Waals surface area (Å²) in [5, 5.41) is 0. The van der Waals surface area contributed by atoms with Crippen molar-refractivity contribution in [1.82, 2.24) is 0 Å². The summed E-state index contributed by atoms with van der Waals surface area (Å²) in [5.41, 5.74) is 0.525. The molecule has 0 spiro atoms. The molecule has 0 aliphatic carbocycles. The maximum absolute atomic E-state index is 11.6. The Hall–Kier alpha value is -1.57. The molecule has 0 aromatic heterocycles. The summed E-state index contributed by atoms with van der Waals surface area (Å²) in [4.78, 5) is 11.6. The third-order valence-electron chi connectivity index (χ3n) is 2.95. The molecular formula is C13H14O2. The van der Waals surface area contributed by atoms with E-state index in [1.54, 1.807) is 6.08 Å². The van der Waals surface area contributed by atoms with Crippen LogP contribution in [0, 0.1) is 5.41 Å². The lowest BCUT2D eigenvalue weighted by Crippen LogP contribution is -2.18. The van der Waals surface area contributed by atoms with Crippen LogP contribution in [0.25, 0.3) is 0 Å². The maximum Gasteiger partial charge on any atom is 0.316 e. The number of cyclic esters (lactones) is 1. The van der Waals surface area contributed by atoms with Crippen molar-refractivity contribution in [3.05, 3.63) is 48.6 Å². The lowest BCUT2D eigenvalue weighted by Gasteiger charge is -2.11. The molecule has 0 bridgehead atoms. The average molecular weight is 202 g/mol. The van der Waals surface area contributed by atoms with E-state index in [0.717, 1.165) is 5.56 Å². The first-order valence-electron chi connectivity index (χ1n) is 5.05. The molecule has 1 aliphatic rings. The molecule has 1 heterocycles. The van der Waals surface area contributed by atoms with Gasteiger partial charge >= 0.3 is 5.97 Å². The van der Waals surface area contributed by atoms with E-state index in [0.29, 0.717) is 6.42 Å². The summed E-state index contributed by atoms with van der Waals surface area (Å²) in [5.74, 6) is -0.175. The van der Waals surface area contributed by atoms with Gasteiger partial charge in [-0.1, -0.05) is 36.4 Å². The van der Waals surface area contributed by atoms with Crippen molar-refractivity contribution in [1.29, 1.82) is 0 Å². The van der Waals surface area contributed by atoms with Gasteiger partial charge in [-0.3, -0.25) is 4.79 Å². The fraction of sp³-hybridized carbons (Fsp3) is 0.308. The summed E-state index contributed by atoms with van der Waals surface area (Å²) in [6.07, 6.45) is 2.24. The minimum atomic E-state index is -0.527. The minimum absolute atomic E-state index is 0.123. The highest BCUT2D eigenvalue weighted by molar-refractivity contribution is 5.80. The fourth-order valence-corrected chi connectivity index (χ4v) is 1.79. The molecular weight excluding hydrogens is 188 g/mol. The quantitative estimate of drug-likeness (QED) is 0.544. The summed E-state index contributed by atoms with van der Waals surface area (Å²) in [6.45, 7) is 5.56. The predicted octanol–water partition coefficient (Wildman–Crippen LogP) is 2.87. The number of esters is 1. The second-order valence-electron chi connectivity index (χ2n) is 4.13. The van der Waals surface area contributed by atoms with E-state index in [1.807, 2.05) is 37.3 Å². The zero-order chi connectivity index (χ0) is 10.9. The van der Waals surface area contributed by atoms with E-state index in [4.69, 9.17) is 4.74 Å². The molecule has 2 unspecified atom stereocenters. The highest BCUT2D eigenvalue weighted by Crippen LogP contribution is 2.42. The van der Waals surface area contributed by atoms with Crippen LogP contribution >= 0.6 is 0 Å². The Morgan fingerprint density at radius 3 is 2.67 bits per heavy atom. The molecule has 1 aromatic rings. The van der Waals surface area contributed by atoms with Crippen LogP contribution in [0.1, 0.15) is 25.0 Å². The first-order valence-corrected chi connectivity index (χ1v) is 5.05. The van der Waals surface area contributed by atoms with Crippen molar-refractivity contribution in [3.8, 4) is 0 Å². The van der Waals surface area contributed by atoms with Gasteiger partial charge in [0, 0.05) is 6.42 Å². The van der Waals surface area contributed by atoms with Crippen LogP contribution in [-0.2, 0) is 9.53 Å². The van der Waals surface area contributed by atoms with E-state index in [-0.39, 0.29) is 12.1 Å². The molecule has 2 heteroatoms. The third-order valence-corrected chi connectivity index (χ3v) is 2.95. The standard InChI is InChI=1S/C13H14O2/c1-3-13(2)9-11(15-12(13)14)10-7-5-4-6-8-10/h3-8,11H,1,9H2,2H3. The Labute approximate surface area is 89.6 Å². The SMILES string of the molecule is C=CC1(C)CC(c2ccccc2)OC1=O. The van der Waals surface area contributed by atoms with Crippen molar-refractivity contribution in [3.63, 3.8) is 0 Å². The molecule has 78 valence electrons. The van der Waals surface area contributed by atoms with Crippen molar-refractivity contribution in [2.45, 2.75) is 19.4 Å². The van der Waals surface area contributed by atoms with E-state index in [2.05, 4.69) is 6.58 Å². The number of rotatable bonds is 2. The Balaban J connectivity index is 2.24. The van der Waals surface area contributed by atoms with Crippen LogP contribution in [0.2, 0.25) is 0 Å². The number of carbonyl (C=O) groups excluding carboxylic acids is 1. The zero-order valence-corrected chi connectivity index (χ0v) is 8.77. The number of ether oxygens (including phenoxy) is 1. The molecule has 2 rings (SSSR count). The minimum Gasteiger partial charge on any atom is -0.457 e. The molecule has 0 amide bonds. The van der Waals surface area contributed by atoms with Gasteiger partial charge in [-0.15, -0.1) is 6.58 Å². The van der Waals surface area contributed by atoms with Crippen molar-refractivity contribution < 1.29 is 9.53 Å². The summed E-state index contributed by atoms with van der Waals surface area (Å²) in [6, 6.07) is 9.81. The lowest BCUT2D eigenvalue weighted by molar-refractivity contribution is -0.146. The normalized spacial score (nSPS) is 29.9. The van der Waals surface area contributed by atoms with Crippen LogP contribution in [-0.4, -0.2) is 5.97 Å². The molecule has 0 radical (unpaired) electrons. The van der Waals surface area contributed by atoms with Gasteiger partial charge in [0.15, 0.2) is 0 Å². The Morgan fingerprint density at radius 2 is 2.13 bits per heavy atom.